The predicted molar refractivity (Wildman–Crippen MR) is 115 cm³/mol. The summed E-state index contributed by atoms with van der Waals surface area (Å²) in [5.41, 5.74) is 4.69. The number of aromatic nitrogens is 3. The van der Waals surface area contributed by atoms with E-state index in [4.69, 9.17) is 0 Å². The van der Waals surface area contributed by atoms with Crippen molar-refractivity contribution in [1.82, 2.24) is 20.5 Å². The molecule has 0 saturated carbocycles. The van der Waals surface area contributed by atoms with Crippen LogP contribution in [0, 0.1) is 0 Å². The Morgan fingerprint density at radius 2 is 1.55 bits per heavy atom. The molecule has 1 atom stereocenters. The number of amides is 1. The highest BCUT2D eigenvalue weighted by atomic mass is 16.1. The van der Waals surface area contributed by atoms with Crippen LogP contribution in [-0.2, 0) is 0 Å². The minimum atomic E-state index is -0.178. The van der Waals surface area contributed by atoms with Crippen molar-refractivity contribution in [2.24, 2.45) is 0 Å². The van der Waals surface area contributed by atoms with Crippen LogP contribution in [-0.4, -0.2) is 27.6 Å². The molecule has 29 heavy (non-hydrogen) atoms. The molecule has 0 aliphatic carbocycles. The molecule has 0 fully saturated rings. The molecule has 3 aromatic carbocycles. The molecule has 5 rings (SSSR count). The minimum absolute atomic E-state index is 0.0292. The van der Waals surface area contributed by atoms with Crippen LogP contribution in [0.3, 0.4) is 0 Å². The number of aromatic amines is 2. The van der Waals surface area contributed by atoms with E-state index >= 15 is 0 Å². The summed E-state index contributed by atoms with van der Waals surface area (Å²) in [6, 6.07) is 26.1. The Bertz CT molecular complexity index is 1290. The van der Waals surface area contributed by atoms with Crippen LogP contribution in [0.1, 0.15) is 27.5 Å². The van der Waals surface area contributed by atoms with Gasteiger partial charge in [-0.05, 0) is 23.3 Å². The van der Waals surface area contributed by atoms with Crippen LogP contribution in [0.15, 0.2) is 85.1 Å². The second-order valence-corrected chi connectivity index (χ2v) is 7.08. The average Bonchev–Trinajstić information content (AvgIpc) is 3.39. The lowest BCUT2D eigenvalue weighted by Crippen LogP contribution is -2.29. The van der Waals surface area contributed by atoms with Gasteiger partial charge < -0.3 is 10.3 Å². The molecule has 5 aromatic rings. The first-order chi connectivity index (χ1) is 14.3. The molecule has 0 bridgehead atoms. The number of nitrogens with one attached hydrogen (secondary N) is 3. The summed E-state index contributed by atoms with van der Waals surface area (Å²) < 4.78 is 0. The number of H-pyrrole nitrogens is 2. The smallest absolute Gasteiger partial charge is 0.272 e. The van der Waals surface area contributed by atoms with E-state index in [1.165, 1.54) is 10.9 Å². The number of rotatable bonds is 5. The number of para-hydroxylation sites is 2. The topological polar surface area (TPSA) is 73.6 Å². The maximum atomic E-state index is 12.9. The highest BCUT2D eigenvalue weighted by molar-refractivity contribution is 6.04. The molecule has 0 spiro atoms. The van der Waals surface area contributed by atoms with Gasteiger partial charge in [0.25, 0.3) is 5.91 Å². The fraction of sp³-hybridized carbons (Fsp3) is 0.0833. The van der Waals surface area contributed by atoms with Crippen molar-refractivity contribution in [2.75, 3.05) is 6.54 Å². The highest BCUT2D eigenvalue weighted by Crippen LogP contribution is 2.30. The molecule has 0 radical (unpaired) electrons. The van der Waals surface area contributed by atoms with E-state index < -0.39 is 0 Å². The Balaban J connectivity index is 1.47. The van der Waals surface area contributed by atoms with Gasteiger partial charge in [0.1, 0.15) is 0 Å². The first-order valence-corrected chi connectivity index (χ1v) is 9.63. The zero-order chi connectivity index (χ0) is 19.6. The number of carbonyl (C=O) groups is 1. The number of hydrogen-bond acceptors (Lipinski definition) is 2. The Hall–Kier alpha value is -3.86. The third-order valence-electron chi connectivity index (χ3n) is 5.35. The zero-order valence-electron chi connectivity index (χ0n) is 15.7. The van der Waals surface area contributed by atoms with E-state index in [1.54, 1.807) is 0 Å². The van der Waals surface area contributed by atoms with E-state index in [9.17, 15) is 4.79 Å². The zero-order valence-corrected chi connectivity index (χ0v) is 15.7. The normalized spacial score (nSPS) is 12.3. The lowest BCUT2D eigenvalue weighted by atomic mass is 9.91. The molecule has 1 unspecified atom stereocenters. The van der Waals surface area contributed by atoms with Gasteiger partial charge in [-0.15, -0.1) is 0 Å². The third-order valence-corrected chi connectivity index (χ3v) is 5.35. The average molecular weight is 380 g/mol. The van der Waals surface area contributed by atoms with Crippen LogP contribution in [0.4, 0.5) is 0 Å². The van der Waals surface area contributed by atoms with Crippen molar-refractivity contribution in [3.8, 4) is 0 Å². The second kappa shape index (κ2) is 7.28. The van der Waals surface area contributed by atoms with Gasteiger partial charge >= 0.3 is 0 Å². The molecular weight excluding hydrogens is 360 g/mol. The molecule has 2 heterocycles. The largest absolute Gasteiger partial charge is 0.361 e. The number of hydrogen-bond donors (Lipinski definition) is 3. The molecule has 0 aliphatic heterocycles. The van der Waals surface area contributed by atoms with Crippen LogP contribution in [0.5, 0.6) is 0 Å². The molecule has 0 saturated heterocycles. The Labute approximate surface area is 167 Å². The van der Waals surface area contributed by atoms with Crippen molar-refractivity contribution in [3.63, 3.8) is 0 Å². The van der Waals surface area contributed by atoms with Gasteiger partial charge in [-0.25, -0.2) is 0 Å². The number of benzene rings is 3. The summed E-state index contributed by atoms with van der Waals surface area (Å²) in [6.07, 6.45) is 2.04. The predicted octanol–water partition coefficient (Wildman–Crippen LogP) is 4.61. The standard InChI is InChI=1S/C24H20N4O/c29-24(23-18-11-5-7-13-22(18)27-28-23)26-14-19(16-8-2-1-3-9-16)20-15-25-21-12-6-4-10-17(20)21/h1-13,15,19,25H,14H2,(H,26,29)(H,27,28). The summed E-state index contributed by atoms with van der Waals surface area (Å²) in [4.78, 5) is 16.2. The Morgan fingerprint density at radius 1 is 0.862 bits per heavy atom. The molecule has 3 N–H and O–H groups in total. The summed E-state index contributed by atoms with van der Waals surface area (Å²) in [5, 5.41) is 12.2. The van der Waals surface area contributed by atoms with Gasteiger partial charge in [-0.3, -0.25) is 9.89 Å². The summed E-state index contributed by atoms with van der Waals surface area (Å²) in [5.74, 6) is -0.148. The van der Waals surface area contributed by atoms with E-state index in [2.05, 4.69) is 44.8 Å². The van der Waals surface area contributed by atoms with Crippen molar-refractivity contribution in [2.45, 2.75) is 5.92 Å². The van der Waals surface area contributed by atoms with Crippen molar-refractivity contribution in [3.05, 3.63) is 102 Å². The fourth-order valence-electron chi connectivity index (χ4n) is 3.89. The lowest BCUT2D eigenvalue weighted by molar-refractivity contribution is 0.0949. The maximum Gasteiger partial charge on any atom is 0.272 e. The molecule has 1 amide bonds. The van der Waals surface area contributed by atoms with E-state index in [-0.39, 0.29) is 11.8 Å². The van der Waals surface area contributed by atoms with Crippen LogP contribution < -0.4 is 5.32 Å². The lowest BCUT2D eigenvalue weighted by Gasteiger charge is -2.18. The molecule has 5 nitrogen and oxygen atoms in total. The summed E-state index contributed by atoms with van der Waals surface area (Å²) in [7, 11) is 0. The minimum Gasteiger partial charge on any atom is -0.361 e. The first-order valence-electron chi connectivity index (χ1n) is 9.63. The maximum absolute atomic E-state index is 12.9. The van der Waals surface area contributed by atoms with Crippen LogP contribution in [0.25, 0.3) is 21.8 Å². The van der Waals surface area contributed by atoms with Gasteiger partial charge in [0.05, 0.1) is 5.52 Å². The van der Waals surface area contributed by atoms with Crippen LogP contribution in [0.2, 0.25) is 0 Å². The Morgan fingerprint density at radius 3 is 2.38 bits per heavy atom. The van der Waals surface area contributed by atoms with Crippen molar-refractivity contribution >= 4 is 27.7 Å². The fourth-order valence-corrected chi connectivity index (χ4v) is 3.89. The Kier molecular flexibility index (Phi) is 4.33. The quantitative estimate of drug-likeness (QED) is 0.417. The van der Waals surface area contributed by atoms with Gasteiger partial charge in [0.2, 0.25) is 0 Å². The van der Waals surface area contributed by atoms with Gasteiger partial charge in [-0.1, -0.05) is 66.7 Å². The second-order valence-electron chi connectivity index (χ2n) is 7.08. The number of nitrogens with zero attached hydrogens (tertiary/aromatic N) is 1. The van der Waals surface area contributed by atoms with Gasteiger partial charge in [-0.2, -0.15) is 5.10 Å². The third kappa shape index (κ3) is 3.17. The molecular formula is C24H20N4O. The monoisotopic (exact) mass is 380 g/mol. The van der Waals surface area contributed by atoms with Gasteiger partial charge in [0, 0.05) is 34.9 Å². The summed E-state index contributed by atoms with van der Waals surface area (Å²) >= 11 is 0. The molecule has 142 valence electrons. The van der Waals surface area contributed by atoms with E-state index in [0.717, 1.165) is 22.0 Å². The van der Waals surface area contributed by atoms with Gasteiger partial charge in [0.15, 0.2) is 5.69 Å². The highest BCUT2D eigenvalue weighted by Gasteiger charge is 2.20. The van der Waals surface area contributed by atoms with Crippen LogP contribution >= 0.6 is 0 Å². The van der Waals surface area contributed by atoms with E-state index in [1.807, 2.05) is 60.8 Å². The van der Waals surface area contributed by atoms with Crippen molar-refractivity contribution in [1.29, 1.82) is 0 Å². The van der Waals surface area contributed by atoms with E-state index in [0.29, 0.717) is 12.2 Å². The SMILES string of the molecule is O=C(NCC(c1ccccc1)c1c[nH]c2ccccc12)c1n[nH]c2ccccc12. The first kappa shape index (κ1) is 17.3. The number of carbonyl (C=O) groups excluding carboxylic acids is 1. The van der Waals surface area contributed by atoms with Crippen molar-refractivity contribution < 1.29 is 4.79 Å². The molecule has 5 heteroatoms. The molecule has 2 aromatic heterocycles. The number of fused-ring (bicyclic) bond motifs is 2. The molecule has 0 aliphatic rings. The summed E-state index contributed by atoms with van der Waals surface area (Å²) in [6.45, 7) is 0.478.